The van der Waals surface area contributed by atoms with Gasteiger partial charge in [0.05, 0.1) is 18.7 Å². The third-order valence-corrected chi connectivity index (χ3v) is 4.71. The van der Waals surface area contributed by atoms with E-state index in [4.69, 9.17) is 4.74 Å². The summed E-state index contributed by atoms with van der Waals surface area (Å²) in [6.07, 6.45) is 1.27. The molecular weight excluding hydrogens is 342 g/mol. The van der Waals surface area contributed by atoms with Crippen LogP contribution in [0, 0.1) is 12.8 Å². The molecule has 1 amide bonds. The van der Waals surface area contributed by atoms with Gasteiger partial charge in [0.15, 0.2) is 5.82 Å². The van der Waals surface area contributed by atoms with Crippen LogP contribution in [0.3, 0.4) is 0 Å². The summed E-state index contributed by atoms with van der Waals surface area (Å²) >= 11 is 0. The Morgan fingerprint density at radius 3 is 2.81 bits per heavy atom. The van der Waals surface area contributed by atoms with E-state index in [0.717, 1.165) is 29.2 Å². The normalized spacial score (nSPS) is 15.7. The summed E-state index contributed by atoms with van der Waals surface area (Å²) in [5, 5.41) is 14.5. The standard InChI is InChI=1S/C20H21N5O2/c1-14-22-23-24-25(14)18-8-6-15(7-9-18)11-20(26)21-12-16-10-17-4-2-3-5-19(17)27-13-16/h2-9,16H,10-13H2,1H3,(H,21,26). The van der Waals surface area contributed by atoms with Gasteiger partial charge in [0.1, 0.15) is 5.75 Å². The summed E-state index contributed by atoms with van der Waals surface area (Å²) in [6.45, 7) is 3.10. The Bertz CT molecular complexity index is 936. The maximum absolute atomic E-state index is 12.3. The van der Waals surface area contributed by atoms with Gasteiger partial charge < -0.3 is 10.1 Å². The van der Waals surface area contributed by atoms with Crippen LogP contribution in [0.15, 0.2) is 48.5 Å². The van der Waals surface area contributed by atoms with Crippen LogP contribution < -0.4 is 10.1 Å². The van der Waals surface area contributed by atoms with Crippen molar-refractivity contribution in [3.63, 3.8) is 0 Å². The number of para-hydroxylation sites is 1. The van der Waals surface area contributed by atoms with Crippen molar-refractivity contribution in [3.8, 4) is 11.4 Å². The molecule has 0 saturated carbocycles. The molecule has 1 unspecified atom stereocenters. The molecule has 0 spiro atoms. The van der Waals surface area contributed by atoms with Crippen molar-refractivity contribution in [1.29, 1.82) is 0 Å². The van der Waals surface area contributed by atoms with E-state index in [1.807, 2.05) is 49.4 Å². The number of nitrogens with zero attached hydrogens (tertiary/aromatic N) is 4. The minimum absolute atomic E-state index is 0.0141. The van der Waals surface area contributed by atoms with Gasteiger partial charge in [0.2, 0.25) is 5.91 Å². The SMILES string of the molecule is Cc1nnnn1-c1ccc(CC(=O)NCC2COc3ccccc3C2)cc1. The summed E-state index contributed by atoms with van der Waals surface area (Å²) in [5.41, 5.74) is 3.03. The first kappa shape index (κ1) is 17.2. The first-order valence-corrected chi connectivity index (χ1v) is 9.01. The number of aryl methyl sites for hydroxylation is 1. The van der Waals surface area contributed by atoms with Crippen LogP contribution in [0.4, 0.5) is 0 Å². The molecule has 2 heterocycles. The van der Waals surface area contributed by atoms with Gasteiger partial charge in [0, 0.05) is 12.5 Å². The maximum Gasteiger partial charge on any atom is 0.224 e. The molecule has 1 atom stereocenters. The minimum atomic E-state index is 0.0141. The summed E-state index contributed by atoms with van der Waals surface area (Å²) in [4.78, 5) is 12.3. The molecule has 2 aromatic carbocycles. The van der Waals surface area contributed by atoms with Crippen molar-refractivity contribution >= 4 is 5.91 Å². The molecule has 0 bridgehead atoms. The number of aromatic nitrogens is 4. The Hall–Kier alpha value is -3.22. The number of ether oxygens (including phenoxy) is 1. The fourth-order valence-corrected chi connectivity index (χ4v) is 3.25. The second-order valence-electron chi connectivity index (χ2n) is 6.77. The van der Waals surface area contributed by atoms with Gasteiger partial charge >= 0.3 is 0 Å². The number of hydrogen-bond donors (Lipinski definition) is 1. The Balaban J connectivity index is 1.29. The van der Waals surface area contributed by atoms with Crippen molar-refractivity contribution < 1.29 is 9.53 Å². The third-order valence-electron chi connectivity index (χ3n) is 4.71. The number of benzene rings is 2. The van der Waals surface area contributed by atoms with Gasteiger partial charge in [-0.25, -0.2) is 0 Å². The zero-order valence-electron chi connectivity index (χ0n) is 15.1. The molecule has 7 heteroatoms. The van der Waals surface area contributed by atoms with Crippen LogP contribution in [-0.2, 0) is 17.6 Å². The molecule has 1 aliphatic heterocycles. The van der Waals surface area contributed by atoms with Gasteiger partial charge in [-0.3, -0.25) is 4.79 Å². The molecule has 3 aromatic rings. The molecule has 1 aromatic heterocycles. The Morgan fingerprint density at radius 2 is 2.04 bits per heavy atom. The lowest BCUT2D eigenvalue weighted by molar-refractivity contribution is -0.120. The Labute approximate surface area is 157 Å². The number of carbonyl (C=O) groups excluding carboxylic acids is 1. The smallest absolute Gasteiger partial charge is 0.224 e. The van der Waals surface area contributed by atoms with E-state index in [1.165, 1.54) is 5.56 Å². The largest absolute Gasteiger partial charge is 0.493 e. The van der Waals surface area contributed by atoms with E-state index < -0.39 is 0 Å². The summed E-state index contributed by atoms with van der Waals surface area (Å²) in [5.74, 6) is 1.99. The predicted octanol–water partition coefficient (Wildman–Crippen LogP) is 1.88. The average molecular weight is 363 g/mol. The number of amides is 1. The second kappa shape index (κ2) is 7.57. The molecule has 27 heavy (non-hydrogen) atoms. The van der Waals surface area contributed by atoms with E-state index >= 15 is 0 Å². The molecule has 4 rings (SSSR count). The highest BCUT2D eigenvalue weighted by molar-refractivity contribution is 5.78. The van der Waals surface area contributed by atoms with E-state index in [1.54, 1.807) is 4.68 Å². The lowest BCUT2D eigenvalue weighted by Gasteiger charge is -2.25. The van der Waals surface area contributed by atoms with Crippen LogP contribution in [0.2, 0.25) is 0 Å². The highest BCUT2D eigenvalue weighted by Crippen LogP contribution is 2.26. The topological polar surface area (TPSA) is 81.9 Å². The molecule has 1 N–H and O–H groups in total. The summed E-state index contributed by atoms with van der Waals surface area (Å²) < 4.78 is 7.43. The predicted molar refractivity (Wildman–Crippen MR) is 99.7 cm³/mol. The van der Waals surface area contributed by atoms with E-state index in [-0.39, 0.29) is 5.91 Å². The lowest BCUT2D eigenvalue weighted by Crippen LogP contribution is -2.35. The molecule has 138 valence electrons. The van der Waals surface area contributed by atoms with Crippen molar-refractivity contribution in [2.75, 3.05) is 13.2 Å². The zero-order valence-corrected chi connectivity index (χ0v) is 15.1. The molecule has 7 nitrogen and oxygen atoms in total. The molecular formula is C20H21N5O2. The van der Waals surface area contributed by atoms with Gasteiger partial charge in [-0.1, -0.05) is 30.3 Å². The van der Waals surface area contributed by atoms with Crippen LogP contribution >= 0.6 is 0 Å². The van der Waals surface area contributed by atoms with Crippen molar-refractivity contribution in [2.45, 2.75) is 19.8 Å². The van der Waals surface area contributed by atoms with Crippen molar-refractivity contribution in [2.24, 2.45) is 5.92 Å². The monoisotopic (exact) mass is 363 g/mol. The number of rotatable bonds is 5. The van der Waals surface area contributed by atoms with E-state index in [0.29, 0.717) is 25.5 Å². The number of carbonyl (C=O) groups is 1. The number of tetrazole rings is 1. The molecule has 0 radical (unpaired) electrons. The van der Waals surface area contributed by atoms with Crippen LogP contribution in [0.5, 0.6) is 5.75 Å². The minimum Gasteiger partial charge on any atom is -0.493 e. The lowest BCUT2D eigenvalue weighted by atomic mass is 9.96. The zero-order chi connectivity index (χ0) is 18.6. The van der Waals surface area contributed by atoms with Gasteiger partial charge in [-0.05, 0) is 53.1 Å². The van der Waals surface area contributed by atoms with Crippen LogP contribution in [0.25, 0.3) is 5.69 Å². The molecule has 0 fully saturated rings. The van der Waals surface area contributed by atoms with E-state index in [9.17, 15) is 4.79 Å². The highest BCUT2D eigenvalue weighted by atomic mass is 16.5. The highest BCUT2D eigenvalue weighted by Gasteiger charge is 2.20. The summed E-state index contributed by atoms with van der Waals surface area (Å²) in [7, 11) is 0. The Morgan fingerprint density at radius 1 is 1.22 bits per heavy atom. The maximum atomic E-state index is 12.3. The molecule has 0 aliphatic carbocycles. The van der Waals surface area contributed by atoms with E-state index in [2.05, 4.69) is 26.9 Å². The summed E-state index contributed by atoms with van der Waals surface area (Å²) in [6, 6.07) is 15.8. The average Bonchev–Trinajstić information content (AvgIpc) is 3.13. The second-order valence-corrected chi connectivity index (χ2v) is 6.77. The number of nitrogens with one attached hydrogen (secondary N) is 1. The first-order chi connectivity index (χ1) is 13.2. The third kappa shape index (κ3) is 3.97. The molecule has 0 saturated heterocycles. The van der Waals surface area contributed by atoms with Crippen LogP contribution in [-0.4, -0.2) is 39.3 Å². The van der Waals surface area contributed by atoms with Crippen molar-refractivity contribution in [3.05, 3.63) is 65.5 Å². The quantitative estimate of drug-likeness (QED) is 0.748. The number of hydrogen-bond acceptors (Lipinski definition) is 5. The fourth-order valence-electron chi connectivity index (χ4n) is 3.25. The van der Waals surface area contributed by atoms with Crippen molar-refractivity contribution in [1.82, 2.24) is 25.5 Å². The number of fused-ring (bicyclic) bond motifs is 1. The fraction of sp³-hybridized carbons (Fsp3) is 0.300. The molecule has 1 aliphatic rings. The van der Waals surface area contributed by atoms with Gasteiger partial charge in [-0.2, -0.15) is 4.68 Å². The van der Waals surface area contributed by atoms with Crippen LogP contribution in [0.1, 0.15) is 17.0 Å². The Kier molecular flexibility index (Phi) is 4.82. The van der Waals surface area contributed by atoms with Gasteiger partial charge in [-0.15, -0.1) is 5.10 Å². The first-order valence-electron chi connectivity index (χ1n) is 9.01. The van der Waals surface area contributed by atoms with Gasteiger partial charge in [0.25, 0.3) is 0 Å².